The Morgan fingerprint density at radius 2 is 2.11 bits per heavy atom. The first-order chi connectivity index (χ1) is 13.1. The van der Waals surface area contributed by atoms with Crippen LogP contribution in [0.25, 0.3) is 0 Å². The van der Waals surface area contributed by atoms with E-state index in [4.69, 9.17) is 9.26 Å². The van der Waals surface area contributed by atoms with E-state index < -0.39 is 0 Å². The lowest BCUT2D eigenvalue weighted by molar-refractivity contribution is -0.129. The number of anilines is 1. The highest BCUT2D eigenvalue weighted by Crippen LogP contribution is 2.30. The van der Waals surface area contributed by atoms with E-state index in [2.05, 4.69) is 15.0 Å². The van der Waals surface area contributed by atoms with E-state index >= 15 is 0 Å². The van der Waals surface area contributed by atoms with Crippen LogP contribution < -0.4 is 9.64 Å². The van der Waals surface area contributed by atoms with Crippen molar-refractivity contribution in [1.29, 1.82) is 0 Å². The number of rotatable bonds is 5. The van der Waals surface area contributed by atoms with E-state index in [0.717, 1.165) is 48.1 Å². The minimum atomic E-state index is 0.00386. The van der Waals surface area contributed by atoms with Crippen molar-refractivity contribution < 1.29 is 14.1 Å². The Balaban J connectivity index is 1.38. The first-order valence-corrected chi connectivity index (χ1v) is 9.68. The van der Waals surface area contributed by atoms with E-state index in [1.807, 2.05) is 37.1 Å². The summed E-state index contributed by atoms with van der Waals surface area (Å²) in [6.07, 6.45) is 5.38. The predicted molar refractivity (Wildman–Crippen MR) is 101 cm³/mol. The molecule has 1 amide bonds. The van der Waals surface area contributed by atoms with Gasteiger partial charge in [0.25, 0.3) is 0 Å². The summed E-state index contributed by atoms with van der Waals surface area (Å²) in [7, 11) is 0. The maximum Gasteiger partial charge on any atom is 0.227 e. The summed E-state index contributed by atoms with van der Waals surface area (Å²) in [5, 5.41) is 3.93. The van der Waals surface area contributed by atoms with Crippen LogP contribution in [0.15, 0.2) is 22.9 Å². The van der Waals surface area contributed by atoms with E-state index in [0.29, 0.717) is 19.5 Å². The fraction of sp³-hybridized carbons (Fsp3) is 0.550. The highest BCUT2D eigenvalue weighted by molar-refractivity contribution is 5.79. The van der Waals surface area contributed by atoms with E-state index in [1.54, 1.807) is 0 Å². The molecule has 7 heteroatoms. The van der Waals surface area contributed by atoms with Crippen LogP contribution in [0.5, 0.6) is 5.75 Å². The summed E-state index contributed by atoms with van der Waals surface area (Å²) in [5.74, 6) is 2.57. The molecule has 7 nitrogen and oxygen atoms in total. The van der Waals surface area contributed by atoms with Crippen molar-refractivity contribution in [2.24, 2.45) is 0 Å². The van der Waals surface area contributed by atoms with Crippen LogP contribution >= 0.6 is 0 Å². The van der Waals surface area contributed by atoms with Gasteiger partial charge in [0, 0.05) is 37.8 Å². The molecule has 0 spiro atoms. The Kier molecular flexibility index (Phi) is 5.01. The fourth-order valence-electron chi connectivity index (χ4n) is 3.89. The average Bonchev–Trinajstić information content (AvgIpc) is 3.41. The van der Waals surface area contributed by atoms with Crippen molar-refractivity contribution in [3.8, 4) is 5.75 Å². The van der Waals surface area contributed by atoms with Crippen molar-refractivity contribution in [2.45, 2.75) is 45.6 Å². The molecule has 0 N–H and O–H groups in total. The van der Waals surface area contributed by atoms with E-state index in [9.17, 15) is 4.79 Å². The topological polar surface area (TPSA) is 71.7 Å². The highest BCUT2D eigenvalue weighted by atomic mass is 16.5. The average molecular weight is 370 g/mol. The number of aryl methyl sites for hydroxylation is 2. The third-order valence-corrected chi connectivity index (χ3v) is 5.46. The summed E-state index contributed by atoms with van der Waals surface area (Å²) < 4.78 is 11.4. The summed E-state index contributed by atoms with van der Waals surface area (Å²) in [4.78, 5) is 21.4. The van der Waals surface area contributed by atoms with Crippen molar-refractivity contribution in [2.75, 3.05) is 31.1 Å². The molecule has 0 radical (unpaired) electrons. The van der Waals surface area contributed by atoms with Crippen molar-refractivity contribution in [1.82, 2.24) is 15.0 Å². The van der Waals surface area contributed by atoms with Crippen LogP contribution in [-0.4, -0.2) is 53.2 Å². The number of carbonyl (C=O) groups is 1. The second-order valence-corrected chi connectivity index (χ2v) is 7.37. The van der Waals surface area contributed by atoms with Crippen molar-refractivity contribution in [3.63, 3.8) is 0 Å². The lowest BCUT2D eigenvalue weighted by Gasteiger charge is -2.22. The van der Waals surface area contributed by atoms with Gasteiger partial charge in [-0.2, -0.15) is 0 Å². The Bertz CT molecular complexity index is 794. The number of pyridine rings is 1. The lowest BCUT2D eigenvalue weighted by Crippen LogP contribution is -2.32. The predicted octanol–water partition coefficient (Wildman–Crippen LogP) is 2.51. The standard InChI is InChI=1S/C20H26N4O3/c1-14-17(15(2)27-22-14)12-19(25)24-11-7-16(13-24)26-18-6-5-8-21-20(18)23-9-3-4-10-23/h5-6,8,16H,3-4,7,9-13H2,1-2H3/t16-/m1/s1. The summed E-state index contributed by atoms with van der Waals surface area (Å²) in [6.45, 7) is 7.10. The highest BCUT2D eigenvalue weighted by Gasteiger charge is 2.30. The molecule has 0 unspecified atom stereocenters. The summed E-state index contributed by atoms with van der Waals surface area (Å²) >= 11 is 0. The molecule has 1 atom stereocenters. The number of ether oxygens (including phenoxy) is 1. The number of hydrogen-bond donors (Lipinski definition) is 0. The van der Waals surface area contributed by atoms with E-state index in [-0.39, 0.29) is 12.0 Å². The van der Waals surface area contributed by atoms with Gasteiger partial charge < -0.3 is 19.1 Å². The molecule has 2 fully saturated rings. The van der Waals surface area contributed by atoms with Gasteiger partial charge in [0.2, 0.25) is 5.91 Å². The minimum Gasteiger partial charge on any atom is -0.485 e. The summed E-state index contributed by atoms with van der Waals surface area (Å²) in [5.41, 5.74) is 1.69. The molecule has 0 aliphatic carbocycles. The van der Waals surface area contributed by atoms with Gasteiger partial charge in [0.15, 0.2) is 11.6 Å². The van der Waals surface area contributed by atoms with Gasteiger partial charge in [0.05, 0.1) is 18.7 Å². The second-order valence-electron chi connectivity index (χ2n) is 7.37. The van der Waals surface area contributed by atoms with Gasteiger partial charge in [-0.3, -0.25) is 4.79 Å². The fourth-order valence-corrected chi connectivity index (χ4v) is 3.89. The van der Waals surface area contributed by atoms with Gasteiger partial charge in [-0.15, -0.1) is 0 Å². The zero-order valence-electron chi connectivity index (χ0n) is 16.0. The molecule has 2 aliphatic rings. The molecule has 27 heavy (non-hydrogen) atoms. The molecule has 4 heterocycles. The molecule has 0 aromatic carbocycles. The van der Waals surface area contributed by atoms with Crippen LogP contribution in [0, 0.1) is 13.8 Å². The number of likely N-dealkylation sites (tertiary alicyclic amines) is 1. The molecule has 2 saturated heterocycles. The number of hydrogen-bond acceptors (Lipinski definition) is 6. The number of aromatic nitrogens is 2. The first-order valence-electron chi connectivity index (χ1n) is 9.68. The van der Waals surface area contributed by atoms with Crippen LogP contribution in [-0.2, 0) is 11.2 Å². The zero-order chi connectivity index (χ0) is 18.8. The maximum atomic E-state index is 12.7. The molecule has 144 valence electrons. The minimum absolute atomic E-state index is 0.00386. The van der Waals surface area contributed by atoms with Crippen LogP contribution in [0.1, 0.15) is 36.3 Å². The quantitative estimate of drug-likeness (QED) is 0.805. The molecule has 0 saturated carbocycles. The molecule has 0 bridgehead atoms. The van der Waals surface area contributed by atoms with Crippen LogP contribution in [0.2, 0.25) is 0 Å². The lowest BCUT2D eigenvalue weighted by atomic mass is 10.1. The molecule has 2 aromatic rings. The van der Waals surface area contributed by atoms with Crippen molar-refractivity contribution in [3.05, 3.63) is 35.3 Å². The third kappa shape index (κ3) is 3.77. The monoisotopic (exact) mass is 370 g/mol. The number of amides is 1. The number of carbonyl (C=O) groups excluding carboxylic acids is 1. The molecular formula is C20H26N4O3. The normalized spacial score (nSPS) is 19.7. The van der Waals surface area contributed by atoms with Crippen LogP contribution in [0.4, 0.5) is 5.82 Å². The maximum absolute atomic E-state index is 12.7. The number of nitrogens with zero attached hydrogens (tertiary/aromatic N) is 4. The van der Waals surface area contributed by atoms with Gasteiger partial charge in [-0.05, 0) is 38.8 Å². The van der Waals surface area contributed by atoms with Crippen molar-refractivity contribution >= 4 is 11.7 Å². The van der Waals surface area contributed by atoms with E-state index in [1.165, 1.54) is 12.8 Å². The van der Waals surface area contributed by atoms with Gasteiger partial charge in [-0.1, -0.05) is 5.16 Å². The third-order valence-electron chi connectivity index (χ3n) is 5.46. The molecule has 4 rings (SSSR count). The summed E-state index contributed by atoms with van der Waals surface area (Å²) in [6, 6.07) is 3.89. The van der Waals surface area contributed by atoms with Gasteiger partial charge in [0.1, 0.15) is 11.9 Å². The molecule has 2 aliphatic heterocycles. The zero-order valence-corrected chi connectivity index (χ0v) is 16.0. The second kappa shape index (κ2) is 7.58. The molecule has 2 aromatic heterocycles. The Labute approximate surface area is 159 Å². The van der Waals surface area contributed by atoms with Gasteiger partial charge in [-0.25, -0.2) is 4.98 Å². The first kappa shape index (κ1) is 17.8. The Morgan fingerprint density at radius 1 is 1.30 bits per heavy atom. The SMILES string of the molecule is Cc1noc(C)c1CC(=O)N1CC[C@@H](Oc2cccnc2N2CCCC2)C1. The van der Waals surface area contributed by atoms with Gasteiger partial charge >= 0.3 is 0 Å². The van der Waals surface area contributed by atoms with Crippen LogP contribution in [0.3, 0.4) is 0 Å². The smallest absolute Gasteiger partial charge is 0.227 e. The molecular weight excluding hydrogens is 344 g/mol. The largest absolute Gasteiger partial charge is 0.485 e. The Hall–Kier alpha value is -2.57. The Morgan fingerprint density at radius 3 is 2.85 bits per heavy atom.